The number of anilines is 2. The second kappa shape index (κ2) is 9.50. The van der Waals surface area contributed by atoms with E-state index in [-0.39, 0.29) is 17.9 Å². The van der Waals surface area contributed by atoms with Crippen molar-refractivity contribution in [3.8, 4) is 0 Å². The lowest BCUT2D eigenvalue weighted by molar-refractivity contribution is -0.120. The number of carbonyl (C=O) groups excluding carboxylic acids is 2. The highest BCUT2D eigenvalue weighted by Gasteiger charge is 2.34. The maximum atomic E-state index is 13.3. The van der Waals surface area contributed by atoms with Crippen molar-refractivity contribution < 1.29 is 18.0 Å². The minimum Gasteiger partial charge on any atom is -0.327 e. The third-order valence-electron chi connectivity index (χ3n) is 5.50. The van der Waals surface area contributed by atoms with Gasteiger partial charge in [0.1, 0.15) is 6.04 Å². The SMILES string of the molecule is CCCN(C(=O)c1ccc2c(c1)C[C@H](C)N2S(C)(=O)=O)[C@@H](C)C(=O)Nc1cccc(Cl)c1. The van der Waals surface area contributed by atoms with Gasteiger partial charge in [-0.1, -0.05) is 24.6 Å². The van der Waals surface area contributed by atoms with E-state index in [1.54, 1.807) is 49.4 Å². The number of rotatable bonds is 7. The van der Waals surface area contributed by atoms with Crippen molar-refractivity contribution in [3.63, 3.8) is 0 Å². The van der Waals surface area contributed by atoms with Gasteiger partial charge in [-0.05, 0) is 68.7 Å². The zero-order valence-corrected chi connectivity index (χ0v) is 20.2. The molecule has 2 atom stereocenters. The molecule has 32 heavy (non-hydrogen) atoms. The van der Waals surface area contributed by atoms with Crippen LogP contribution < -0.4 is 9.62 Å². The van der Waals surface area contributed by atoms with E-state index in [2.05, 4.69) is 5.32 Å². The Kier molecular flexibility index (Phi) is 7.15. The van der Waals surface area contributed by atoms with Gasteiger partial charge in [0.25, 0.3) is 5.91 Å². The summed E-state index contributed by atoms with van der Waals surface area (Å²) in [5.41, 5.74) is 2.40. The van der Waals surface area contributed by atoms with Crippen molar-refractivity contribution in [1.29, 1.82) is 0 Å². The predicted molar refractivity (Wildman–Crippen MR) is 128 cm³/mol. The molecule has 9 heteroatoms. The van der Waals surface area contributed by atoms with Gasteiger partial charge in [-0.25, -0.2) is 8.42 Å². The fraction of sp³-hybridized carbons (Fsp3) is 0.391. The van der Waals surface area contributed by atoms with Crippen LogP contribution in [0.1, 0.15) is 43.1 Å². The minimum absolute atomic E-state index is 0.209. The van der Waals surface area contributed by atoms with Gasteiger partial charge in [0, 0.05) is 28.9 Å². The monoisotopic (exact) mass is 477 g/mol. The fourth-order valence-electron chi connectivity index (χ4n) is 4.07. The van der Waals surface area contributed by atoms with Crippen LogP contribution in [0.25, 0.3) is 0 Å². The smallest absolute Gasteiger partial charge is 0.254 e. The molecule has 7 nitrogen and oxygen atoms in total. The Morgan fingerprint density at radius 3 is 2.59 bits per heavy atom. The van der Waals surface area contributed by atoms with Gasteiger partial charge in [0.2, 0.25) is 15.9 Å². The van der Waals surface area contributed by atoms with Gasteiger partial charge in [0.05, 0.1) is 11.9 Å². The Labute approximate surface area is 194 Å². The molecule has 0 radical (unpaired) electrons. The van der Waals surface area contributed by atoms with Crippen molar-refractivity contribution in [3.05, 3.63) is 58.6 Å². The van der Waals surface area contributed by atoms with E-state index in [1.807, 2.05) is 13.8 Å². The molecule has 0 aliphatic carbocycles. The van der Waals surface area contributed by atoms with Crippen LogP contribution in [-0.4, -0.2) is 50.0 Å². The second-order valence-electron chi connectivity index (χ2n) is 8.13. The number of nitrogens with one attached hydrogen (secondary N) is 1. The van der Waals surface area contributed by atoms with E-state index >= 15 is 0 Å². The number of hydrogen-bond donors (Lipinski definition) is 1. The zero-order chi connectivity index (χ0) is 23.6. The molecule has 3 rings (SSSR count). The van der Waals surface area contributed by atoms with E-state index in [9.17, 15) is 18.0 Å². The summed E-state index contributed by atoms with van der Waals surface area (Å²) in [5, 5.41) is 3.31. The van der Waals surface area contributed by atoms with Gasteiger partial charge >= 0.3 is 0 Å². The number of fused-ring (bicyclic) bond motifs is 1. The average molecular weight is 478 g/mol. The lowest BCUT2D eigenvalue weighted by Crippen LogP contribution is -2.46. The number of sulfonamides is 1. The minimum atomic E-state index is -3.41. The standard InChI is InChI=1S/C23H28ClN3O4S/c1-5-11-26(16(3)22(28)25-20-8-6-7-19(24)14-20)23(29)17-9-10-21-18(13-17)12-15(2)27(21)32(4,30)31/h6-10,13-16H,5,11-12H2,1-4H3,(H,25,28)/t15-,16-/m0/s1. The topological polar surface area (TPSA) is 86.8 Å². The maximum Gasteiger partial charge on any atom is 0.254 e. The number of benzene rings is 2. The van der Waals surface area contributed by atoms with E-state index in [4.69, 9.17) is 11.6 Å². The lowest BCUT2D eigenvalue weighted by Gasteiger charge is -2.28. The summed E-state index contributed by atoms with van der Waals surface area (Å²) in [6.07, 6.45) is 2.40. The van der Waals surface area contributed by atoms with E-state index in [1.165, 1.54) is 15.5 Å². The molecule has 0 aromatic heterocycles. The normalized spacial score (nSPS) is 16.4. The first-order valence-corrected chi connectivity index (χ1v) is 12.7. The molecule has 0 fully saturated rings. The summed E-state index contributed by atoms with van der Waals surface area (Å²) in [7, 11) is -3.41. The first-order valence-electron chi connectivity index (χ1n) is 10.5. The summed E-state index contributed by atoms with van der Waals surface area (Å²) < 4.78 is 25.7. The molecule has 0 spiro atoms. The molecule has 0 saturated carbocycles. The average Bonchev–Trinajstić information content (AvgIpc) is 3.06. The highest BCUT2D eigenvalue weighted by molar-refractivity contribution is 7.92. The maximum absolute atomic E-state index is 13.3. The number of halogens is 1. The molecule has 1 heterocycles. The van der Waals surface area contributed by atoms with Crippen LogP contribution in [0.5, 0.6) is 0 Å². The van der Waals surface area contributed by atoms with Crippen LogP contribution in [0.4, 0.5) is 11.4 Å². The molecular weight excluding hydrogens is 450 g/mol. The molecule has 0 saturated heterocycles. The van der Waals surface area contributed by atoms with Crippen LogP contribution >= 0.6 is 11.6 Å². The van der Waals surface area contributed by atoms with Gasteiger partial charge in [0.15, 0.2) is 0 Å². The third-order valence-corrected chi connectivity index (χ3v) is 7.01. The Hall–Kier alpha value is -2.58. The molecule has 172 valence electrons. The second-order valence-corrected chi connectivity index (χ2v) is 10.4. The lowest BCUT2D eigenvalue weighted by atomic mass is 10.1. The first kappa shape index (κ1) is 24.1. The molecule has 2 amide bonds. The number of carbonyl (C=O) groups is 2. The molecule has 2 aromatic carbocycles. The fourth-order valence-corrected chi connectivity index (χ4v) is 5.53. The predicted octanol–water partition coefficient (Wildman–Crippen LogP) is 3.93. The van der Waals surface area contributed by atoms with Gasteiger partial charge in [-0.3, -0.25) is 13.9 Å². The van der Waals surface area contributed by atoms with Crippen LogP contribution in [0.2, 0.25) is 5.02 Å². The van der Waals surface area contributed by atoms with Crippen LogP contribution in [0, 0.1) is 0 Å². The van der Waals surface area contributed by atoms with Crippen molar-refractivity contribution >= 4 is 44.8 Å². The Balaban J connectivity index is 1.83. The summed E-state index contributed by atoms with van der Waals surface area (Å²) >= 11 is 5.99. The zero-order valence-electron chi connectivity index (χ0n) is 18.6. The first-order chi connectivity index (χ1) is 15.0. The molecule has 0 unspecified atom stereocenters. The number of hydrogen-bond acceptors (Lipinski definition) is 4. The molecule has 1 aliphatic rings. The van der Waals surface area contributed by atoms with Crippen LogP contribution in [0.15, 0.2) is 42.5 Å². The molecule has 2 aromatic rings. The molecular formula is C23H28ClN3O4S. The summed E-state index contributed by atoms with van der Waals surface area (Å²) in [6.45, 7) is 5.88. The van der Waals surface area contributed by atoms with Crippen molar-refractivity contribution in [2.75, 3.05) is 22.4 Å². The van der Waals surface area contributed by atoms with Crippen LogP contribution in [-0.2, 0) is 21.2 Å². The van der Waals surface area contributed by atoms with Crippen LogP contribution in [0.3, 0.4) is 0 Å². The number of amides is 2. The van der Waals surface area contributed by atoms with E-state index < -0.39 is 16.1 Å². The van der Waals surface area contributed by atoms with Crippen molar-refractivity contribution in [2.45, 2.75) is 45.7 Å². The Morgan fingerprint density at radius 2 is 1.97 bits per heavy atom. The highest BCUT2D eigenvalue weighted by atomic mass is 35.5. The summed E-state index contributed by atoms with van der Waals surface area (Å²) in [4.78, 5) is 27.7. The molecule has 1 aliphatic heterocycles. The van der Waals surface area contributed by atoms with Gasteiger partial charge < -0.3 is 10.2 Å². The largest absolute Gasteiger partial charge is 0.327 e. The van der Waals surface area contributed by atoms with E-state index in [0.717, 1.165) is 5.56 Å². The quantitative estimate of drug-likeness (QED) is 0.654. The third kappa shape index (κ3) is 5.07. The Bertz CT molecular complexity index is 1140. The van der Waals surface area contributed by atoms with Crippen molar-refractivity contribution in [2.24, 2.45) is 0 Å². The van der Waals surface area contributed by atoms with Gasteiger partial charge in [-0.15, -0.1) is 0 Å². The molecule has 0 bridgehead atoms. The summed E-state index contributed by atoms with van der Waals surface area (Å²) in [6, 6.07) is 11.0. The summed E-state index contributed by atoms with van der Waals surface area (Å²) in [5.74, 6) is -0.582. The van der Waals surface area contributed by atoms with E-state index in [0.29, 0.717) is 41.3 Å². The molecule has 1 N–H and O–H groups in total. The Morgan fingerprint density at radius 1 is 1.25 bits per heavy atom. The van der Waals surface area contributed by atoms with Gasteiger partial charge in [-0.2, -0.15) is 0 Å². The highest BCUT2D eigenvalue weighted by Crippen LogP contribution is 2.35. The van der Waals surface area contributed by atoms with Crippen molar-refractivity contribution in [1.82, 2.24) is 4.90 Å². The number of nitrogens with zero attached hydrogens (tertiary/aromatic N) is 2.